The predicted octanol–water partition coefficient (Wildman–Crippen LogP) is 0.826. The molecule has 0 unspecified atom stereocenters. The van der Waals surface area contributed by atoms with Crippen LogP contribution in [0, 0.1) is 0 Å². The Labute approximate surface area is 112 Å². The summed E-state index contributed by atoms with van der Waals surface area (Å²) in [5.41, 5.74) is 5.58. The van der Waals surface area contributed by atoms with Crippen molar-refractivity contribution in [3.63, 3.8) is 0 Å². The quantitative estimate of drug-likeness (QED) is 0.284. The highest BCUT2D eigenvalue weighted by atomic mass is 32.2. The molecule has 0 aromatic heterocycles. The van der Waals surface area contributed by atoms with Gasteiger partial charge in [0.1, 0.15) is 0 Å². The number of benzene rings is 1. The molecule has 1 aromatic rings. The molecular weight excluding hydrogens is 268 g/mol. The SMILES string of the molecule is CC(C)(C)NS(=O)(=O)Nc1cccc(/C(N)=N/O)c1. The molecule has 1 rings (SSSR count). The van der Waals surface area contributed by atoms with E-state index < -0.39 is 15.7 Å². The highest BCUT2D eigenvalue weighted by Crippen LogP contribution is 2.13. The van der Waals surface area contributed by atoms with E-state index in [1.807, 2.05) is 0 Å². The summed E-state index contributed by atoms with van der Waals surface area (Å²) >= 11 is 0. The summed E-state index contributed by atoms with van der Waals surface area (Å²) in [7, 11) is -3.68. The second-order valence-corrected chi connectivity index (χ2v) is 6.44. The number of nitrogens with zero attached hydrogens (tertiary/aromatic N) is 1. The number of nitrogens with one attached hydrogen (secondary N) is 2. The summed E-state index contributed by atoms with van der Waals surface area (Å²) in [5.74, 6) is -0.0928. The predicted molar refractivity (Wildman–Crippen MR) is 74.4 cm³/mol. The molecule has 1 aromatic carbocycles. The van der Waals surface area contributed by atoms with E-state index in [1.54, 1.807) is 39.0 Å². The Kier molecular flexibility index (Phi) is 4.38. The minimum atomic E-state index is -3.68. The molecule has 7 nitrogen and oxygen atoms in total. The van der Waals surface area contributed by atoms with Gasteiger partial charge in [-0.05, 0) is 32.9 Å². The van der Waals surface area contributed by atoms with Gasteiger partial charge in [-0.25, -0.2) is 0 Å². The minimum Gasteiger partial charge on any atom is -0.409 e. The molecule has 5 N–H and O–H groups in total. The van der Waals surface area contributed by atoms with E-state index >= 15 is 0 Å². The van der Waals surface area contributed by atoms with Crippen LogP contribution < -0.4 is 15.2 Å². The highest BCUT2D eigenvalue weighted by Gasteiger charge is 2.19. The van der Waals surface area contributed by atoms with Crippen LogP contribution in [0.25, 0.3) is 0 Å². The van der Waals surface area contributed by atoms with E-state index in [-0.39, 0.29) is 5.84 Å². The van der Waals surface area contributed by atoms with Gasteiger partial charge < -0.3 is 10.9 Å². The maximum absolute atomic E-state index is 11.8. The smallest absolute Gasteiger partial charge is 0.299 e. The highest BCUT2D eigenvalue weighted by molar-refractivity contribution is 7.90. The van der Waals surface area contributed by atoms with Crippen LogP contribution in [0.1, 0.15) is 26.3 Å². The van der Waals surface area contributed by atoms with Crippen molar-refractivity contribution in [3.05, 3.63) is 29.8 Å². The van der Waals surface area contributed by atoms with Gasteiger partial charge in [-0.1, -0.05) is 17.3 Å². The Hall–Kier alpha value is -1.80. The molecular formula is C11H18N4O3S. The molecule has 0 aliphatic carbocycles. The maximum Gasteiger partial charge on any atom is 0.299 e. The van der Waals surface area contributed by atoms with Crippen LogP contribution in [0.4, 0.5) is 5.69 Å². The number of hydrogen-bond acceptors (Lipinski definition) is 4. The molecule has 0 radical (unpaired) electrons. The lowest BCUT2D eigenvalue weighted by Gasteiger charge is -2.21. The van der Waals surface area contributed by atoms with E-state index in [0.29, 0.717) is 11.3 Å². The third-order valence-electron chi connectivity index (χ3n) is 1.96. The van der Waals surface area contributed by atoms with E-state index in [9.17, 15) is 8.42 Å². The fourth-order valence-corrected chi connectivity index (χ4v) is 2.68. The minimum absolute atomic E-state index is 0.0928. The van der Waals surface area contributed by atoms with Gasteiger partial charge in [0.15, 0.2) is 5.84 Å². The largest absolute Gasteiger partial charge is 0.409 e. The Morgan fingerprint density at radius 3 is 2.53 bits per heavy atom. The summed E-state index contributed by atoms with van der Waals surface area (Å²) in [6.07, 6.45) is 0. The summed E-state index contributed by atoms with van der Waals surface area (Å²) in [5, 5.41) is 11.4. The van der Waals surface area contributed by atoms with Crippen molar-refractivity contribution in [2.45, 2.75) is 26.3 Å². The van der Waals surface area contributed by atoms with E-state index in [0.717, 1.165) is 0 Å². The van der Waals surface area contributed by atoms with Crippen LogP contribution in [0.15, 0.2) is 29.4 Å². The molecule has 0 bridgehead atoms. The van der Waals surface area contributed by atoms with Crippen molar-refractivity contribution in [1.82, 2.24) is 4.72 Å². The molecule has 0 saturated heterocycles. The third kappa shape index (κ3) is 5.14. The molecule has 0 atom stereocenters. The van der Waals surface area contributed by atoms with Crippen molar-refractivity contribution in [2.75, 3.05) is 4.72 Å². The van der Waals surface area contributed by atoms with Crippen molar-refractivity contribution < 1.29 is 13.6 Å². The Bertz CT molecular complexity index is 576. The first kappa shape index (κ1) is 15.3. The molecule has 19 heavy (non-hydrogen) atoms. The van der Waals surface area contributed by atoms with Crippen molar-refractivity contribution in [1.29, 1.82) is 0 Å². The van der Waals surface area contributed by atoms with E-state index in [1.165, 1.54) is 6.07 Å². The number of amidine groups is 1. The molecule has 106 valence electrons. The summed E-state index contributed by atoms with van der Waals surface area (Å²) in [6, 6.07) is 6.24. The Morgan fingerprint density at radius 1 is 1.37 bits per heavy atom. The van der Waals surface area contributed by atoms with Crippen LogP contribution in [0.2, 0.25) is 0 Å². The fourth-order valence-electron chi connectivity index (χ4n) is 1.38. The van der Waals surface area contributed by atoms with Gasteiger partial charge in [0.2, 0.25) is 0 Å². The van der Waals surface area contributed by atoms with Crippen LogP contribution in [-0.2, 0) is 10.2 Å². The zero-order chi connectivity index (χ0) is 14.7. The molecule has 0 amide bonds. The zero-order valence-electron chi connectivity index (χ0n) is 11.0. The van der Waals surface area contributed by atoms with Gasteiger partial charge in [0, 0.05) is 11.1 Å². The molecule has 0 heterocycles. The Balaban J connectivity index is 2.95. The second-order valence-electron chi connectivity index (χ2n) is 5.02. The van der Waals surface area contributed by atoms with E-state index in [4.69, 9.17) is 10.9 Å². The molecule has 0 fully saturated rings. The van der Waals surface area contributed by atoms with Crippen molar-refractivity contribution in [3.8, 4) is 0 Å². The van der Waals surface area contributed by atoms with Crippen molar-refractivity contribution >= 4 is 21.7 Å². The first-order valence-electron chi connectivity index (χ1n) is 5.53. The number of hydrogen-bond donors (Lipinski definition) is 4. The molecule has 0 saturated carbocycles. The lowest BCUT2D eigenvalue weighted by Crippen LogP contribution is -2.43. The van der Waals surface area contributed by atoms with Crippen LogP contribution in [0.5, 0.6) is 0 Å². The molecule has 0 aliphatic heterocycles. The Morgan fingerprint density at radius 2 is 2.00 bits per heavy atom. The molecule has 8 heteroatoms. The number of nitrogens with two attached hydrogens (primary N) is 1. The lowest BCUT2D eigenvalue weighted by atomic mass is 10.1. The molecule has 0 aliphatic rings. The standard InChI is InChI=1S/C11H18N4O3S/c1-11(2,3)15-19(17,18)14-9-6-4-5-8(7-9)10(12)13-16/h4-7,14-16H,1-3H3,(H2,12,13). The number of anilines is 1. The van der Waals surface area contributed by atoms with Gasteiger partial charge in [0.05, 0.1) is 5.69 Å². The van der Waals surface area contributed by atoms with Gasteiger partial charge in [-0.2, -0.15) is 13.1 Å². The molecule has 0 spiro atoms. The fraction of sp³-hybridized carbons (Fsp3) is 0.364. The normalized spacial score (nSPS) is 13.3. The van der Waals surface area contributed by atoms with Crippen LogP contribution in [-0.4, -0.2) is 25.0 Å². The van der Waals surface area contributed by atoms with Crippen molar-refractivity contribution in [2.24, 2.45) is 10.9 Å². The zero-order valence-corrected chi connectivity index (χ0v) is 11.8. The van der Waals surface area contributed by atoms with E-state index in [2.05, 4.69) is 14.6 Å². The first-order valence-corrected chi connectivity index (χ1v) is 7.01. The third-order valence-corrected chi connectivity index (χ3v) is 3.34. The van der Waals surface area contributed by atoms with Gasteiger partial charge in [-0.3, -0.25) is 4.72 Å². The van der Waals surface area contributed by atoms with Gasteiger partial charge >= 0.3 is 0 Å². The first-order chi connectivity index (χ1) is 8.63. The average molecular weight is 286 g/mol. The van der Waals surface area contributed by atoms with Crippen LogP contribution >= 0.6 is 0 Å². The van der Waals surface area contributed by atoms with Gasteiger partial charge in [0.25, 0.3) is 10.2 Å². The monoisotopic (exact) mass is 286 g/mol. The summed E-state index contributed by atoms with van der Waals surface area (Å²) < 4.78 is 28.5. The lowest BCUT2D eigenvalue weighted by molar-refractivity contribution is 0.318. The number of oxime groups is 1. The summed E-state index contributed by atoms with van der Waals surface area (Å²) in [4.78, 5) is 0. The number of rotatable bonds is 4. The second kappa shape index (κ2) is 5.45. The summed E-state index contributed by atoms with van der Waals surface area (Å²) in [6.45, 7) is 5.21. The topological polar surface area (TPSA) is 117 Å². The van der Waals surface area contributed by atoms with Gasteiger partial charge in [-0.15, -0.1) is 0 Å². The average Bonchev–Trinajstić information content (AvgIpc) is 2.24. The maximum atomic E-state index is 11.8. The van der Waals surface area contributed by atoms with Crippen LogP contribution in [0.3, 0.4) is 0 Å².